The summed E-state index contributed by atoms with van der Waals surface area (Å²) in [5.41, 5.74) is 1.45. The maximum atomic E-state index is 11.2. The van der Waals surface area contributed by atoms with E-state index >= 15 is 0 Å². The lowest BCUT2D eigenvalue weighted by atomic mass is 10.1. The van der Waals surface area contributed by atoms with Gasteiger partial charge in [-0.15, -0.1) is 0 Å². The topological polar surface area (TPSA) is 65.7 Å². The van der Waals surface area contributed by atoms with Gasteiger partial charge in [-0.2, -0.15) is 5.26 Å². The normalized spacial score (nSPS) is 11.7. The van der Waals surface area contributed by atoms with Crippen LogP contribution in [0.1, 0.15) is 5.56 Å². The van der Waals surface area contributed by atoms with Gasteiger partial charge in [-0.25, -0.2) is 9.79 Å². The van der Waals surface area contributed by atoms with Crippen LogP contribution in [0.5, 0.6) is 0 Å². The third kappa shape index (κ3) is 3.96. The van der Waals surface area contributed by atoms with Crippen LogP contribution in [-0.4, -0.2) is 37.8 Å². The maximum Gasteiger partial charge on any atom is 0.367 e. The highest BCUT2D eigenvalue weighted by atomic mass is 16.5. The Morgan fingerprint density at radius 3 is 2.47 bits per heavy atom. The molecule has 1 aromatic carbocycles. The zero-order valence-corrected chi connectivity index (χ0v) is 11.1. The van der Waals surface area contributed by atoms with E-state index in [2.05, 4.69) is 9.73 Å². The van der Waals surface area contributed by atoms with Crippen molar-refractivity contribution in [3.63, 3.8) is 0 Å². The fraction of sp³-hybridized carbons (Fsp3) is 0.214. The molecule has 0 spiro atoms. The molecule has 0 saturated carbocycles. The Balaban J connectivity index is 3.14. The molecule has 0 aromatic heterocycles. The Kier molecular flexibility index (Phi) is 5.30. The van der Waals surface area contributed by atoms with E-state index in [1.165, 1.54) is 13.3 Å². The third-order valence-electron chi connectivity index (χ3n) is 2.35. The average molecular weight is 257 g/mol. The van der Waals surface area contributed by atoms with Crippen molar-refractivity contribution >= 4 is 17.4 Å². The Hall–Kier alpha value is -2.61. The minimum absolute atomic E-state index is 0.280. The Bertz CT molecular complexity index is 540. The molecule has 0 bridgehead atoms. The average Bonchev–Trinajstić information content (AvgIpc) is 2.43. The van der Waals surface area contributed by atoms with Crippen LogP contribution >= 0.6 is 0 Å². The summed E-state index contributed by atoms with van der Waals surface area (Å²) in [7, 11) is 4.93. The number of nitriles is 1. The molecule has 0 aliphatic heterocycles. The highest BCUT2D eigenvalue weighted by Gasteiger charge is 2.10. The van der Waals surface area contributed by atoms with Crippen LogP contribution in [0.4, 0.5) is 0 Å². The second kappa shape index (κ2) is 6.97. The molecule has 0 aliphatic carbocycles. The van der Waals surface area contributed by atoms with Crippen LogP contribution in [0.25, 0.3) is 5.70 Å². The second-order valence-electron chi connectivity index (χ2n) is 3.86. The molecule has 0 N–H and O–H groups in total. The van der Waals surface area contributed by atoms with E-state index < -0.39 is 5.97 Å². The van der Waals surface area contributed by atoms with Crippen LogP contribution in [-0.2, 0) is 9.53 Å². The van der Waals surface area contributed by atoms with E-state index in [9.17, 15) is 4.79 Å². The van der Waals surface area contributed by atoms with Gasteiger partial charge in [0.15, 0.2) is 0 Å². The number of rotatable bonds is 4. The van der Waals surface area contributed by atoms with Gasteiger partial charge in [-0.05, 0) is 5.56 Å². The van der Waals surface area contributed by atoms with Crippen LogP contribution in [0.2, 0.25) is 0 Å². The molecule has 19 heavy (non-hydrogen) atoms. The van der Waals surface area contributed by atoms with Gasteiger partial charge in [0.2, 0.25) is 5.71 Å². The van der Waals surface area contributed by atoms with E-state index in [1.807, 2.05) is 49.3 Å². The van der Waals surface area contributed by atoms with Gasteiger partial charge in [0, 0.05) is 14.1 Å². The largest absolute Gasteiger partial charge is 0.464 e. The first kappa shape index (κ1) is 14.5. The van der Waals surface area contributed by atoms with Crippen molar-refractivity contribution in [1.29, 1.82) is 5.26 Å². The molecule has 0 amide bonds. The molecular weight excluding hydrogens is 242 g/mol. The van der Waals surface area contributed by atoms with Crippen molar-refractivity contribution in [3.8, 4) is 6.07 Å². The summed E-state index contributed by atoms with van der Waals surface area (Å²) in [6.07, 6.45) is 1.48. The molecule has 0 saturated heterocycles. The molecule has 0 heterocycles. The van der Waals surface area contributed by atoms with E-state index in [0.717, 1.165) is 11.3 Å². The maximum absolute atomic E-state index is 11.2. The number of benzene rings is 1. The molecule has 5 nitrogen and oxygen atoms in total. The first-order chi connectivity index (χ1) is 9.10. The van der Waals surface area contributed by atoms with Gasteiger partial charge in [0.1, 0.15) is 6.07 Å². The SMILES string of the molecule is COC(=O)C(C#N)=NC=C(c1ccccc1)N(C)C. The van der Waals surface area contributed by atoms with Crippen molar-refractivity contribution in [3.05, 3.63) is 42.1 Å². The molecule has 1 aromatic rings. The molecule has 0 atom stereocenters. The molecular formula is C14H15N3O2. The lowest BCUT2D eigenvalue weighted by molar-refractivity contribution is -0.132. The first-order valence-corrected chi connectivity index (χ1v) is 5.59. The number of esters is 1. The Morgan fingerprint density at radius 2 is 2.00 bits per heavy atom. The molecule has 0 fully saturated rings. The second-order valence-corrected chi connectivity index (χ2v) is 3.86. The fourth-order valence-electron chi connectivity index (χ4n) is 1.41. The summed E-state index contributed by atoms with van der Waals surface area (Å²) >= 11 is 0. The van der Waals surface area contributed by atoms with Gasteiger partial charge in [0.25, 0.3) is 0 Å². The minimum Gasteiger partial charge on any atom is -0.464 e. The summed E-state index contributed by atoms with van der Waals surface area (Å²) in [6, 6.07) is 11.3. The molecule has 0 unspecified atom stereocenters. The molecule has 5 heteroatoms. The van der Waals surface area contributed by atoms with E-state index in [-0.39, 0.29) is 5.71 Å². The lowest BCUT2D eigenvalue weighted by Gasteiger charge is -2.16. The first-order valence-electron chi connectivity index (χ1n) is 5.59. The highest BCUT2D eigenvalue weighted by molar-refractivity contribution is 6.43. The Labute approximate surface area is 112 Å². The number of methoxy groups -OCH3 is 1. The summed E-state index contributed by atoms with van der Waals surface area (Å²) in [6.45, 7) is 0. The van der Waals surface area contributed by atoms with Crippen LogP contribution in [0, 0.1) is 11.3 Å². The quantitative estimate of drug-likeness (QED) is 0.608. The van der Waals surface area contributed by atoms with Crippen LogP contribution in [0.15, 0.2) is 41.5 Å². The fourth-order valence-corrected chi connectivity index (χ4v) is 1.41. The molecule has 98 valence electrons. The molecule has 0 aliphatic rings. The predicted octanol–water partition coefficient (Wildman–Crippen LogP) is 1.68. The van der Waals surface area contributed by atoms with Crippen molar-refractivity contribution in [2.24, 2.45) is 4.99 Å². The van der Waals surface area contributed by atoms with E-state index in [4.69, 9.17) is 5.26 Å². The smallest absolute Gasteiger partial charge is 0.367 e. The van der Waals surface area contributed by atoms with Crippen molar-refractivity contribution in [1.82, 2.24) is 4.90 Å². The van der Waals surface area contributed by atoms with Gasteiger partial charge >= 0.3 is 5.97 Å². The number of hydrogen-bond acceptors (Lipinski definition) is 5. The van der Waals surface area contributed by atoms with E-state index in [0.29, 0.717) is 0 Å². The predicted molar refractivity (Wildman–Crippen MR) is 73.2 cm³/mol. The van der Waals surface area contributed by atoms with Crippen molar-refractivity contribution in [2.45, 2.75) is 0 Å². The van der Waals surface area contributed by atoms with E-state index in [1.54, 1.807) is 6.07 Å². The molecule has 1 rings (SSSR count). The monoisotopic (exact) mass is 257 g/mol. The molecule has 0 radical (unpaired) electrons. The number of aliphatic imine (C=N–C) groups is 1. The van der Waals surface area contributed by atoms with Crippen molar-refractivity contribution < 1.29 is 9.53 Å². The zero-order chi connectivity index (χ0) is 14.3. The lowest BCUT2D eigenvalue weighted by Crippen LogP contribution is -2.14. The summed E-state index contributed by atoms with van der Waals surface area (Å²) < 4.78 is 4.47. The number of hydrogen-bond donors (Lipinski definition) is 0. The standard InChI is InChI=1S/C14H15N3O2/c1-17(2)13(11-7-5-4-6-8-11)10-16-12(9-15)14(18)19-3/h4-8,10H,1-3H3. The number of carbonyl (C=O) groups is 1. The number of nitrogens with zero attached hydrogens (tertiary/aromatic N) is 3. The van der Waals surface area contributed by atoms with Gasteiger partial charge in [0.05, 0.1) is 19.0 Å². The van der Waals surface area contributed by atoms with Crippen LogP contribution in [0.3, 0.4) is 0 Å². The number of ether oxygens (including phenoxy) is 1. The number of carbonyl (C=O) groups excluding carboxylic acids is 1. The summed E-state index contributed by atoms with van der Waals surface area (Å²) in [4.78, 5) is 17.0. The highest BCUT2D eigenvalue weighted by Crippen LogP contribution is 2.16. The Morgan fingerprint density at radius 1 is 1.37 bits per heavy atom. The van der Waals surface area contributed by atoms with Gasteiger partial charge in [-0.3, -0.25) is 0 Å². The van der Waals surface area contributed by atoms with Gasteiger partial charge < -0.3 is 9.64 Å². The zero-order valence-electron chi connectivity index (χ0n) is 11.1. The minimum atomic E-state index is -0.745. The van der Waals surface area contributed by atoms with Crippen molar-refractivity contribution in [2.75, 3.05) is 21.2 Å². The van der Waals surface area contributed by atoms with Gasteiger partial charge in [-0.1, -0.05) is 30.3 Å². The summed E-state index contributed by atoms with van der Waals surface area (Å²) in [5.74, 6) is -0.745. The third-order valence-corrected chi connectivity index (χ3v) is 2.35. The summed E-state index contributed by atoms with van der Waals surface area (Å²) in [5, 5.41) is 8.83. The van der Waals surface area contributed by atoms with Crippen LogP contribution < -0.4 is 0 Å².